The van der Waals surface area contributed by atoms with E-state index in [1.165, 1.54) is 0 Å². The molecule has 0 aromatic carbocycles. The summed E-state index contributed by atoms with van der Waals surface area (Å²) >= 11 is 0.678. The van der Waals surface area contributed by atoms with Crippen LogP contribution in [0, 0.1) is 0 Å². The summed E-state index contributed by atoms with van der Waals surface area (Å²) in [5.41, 5.74) is 5.57. The molecule has 122 valence electrons. The summed E-state index contributed by atoms with van der Waals surface area (Å²) in [6, 6.07) is -0.540. The van der Waals surface area contributed by atoms with Gasteiger partial charge in [-0.1, -0.05) is 6.92 Å². The largest absolute Gasteiger partial charge is 0.405 e. The molecule has 0 amide bonds. The van der Waals surface area contributed by atoms with E-state index in [-0.39, 0.29) is 21.5 Å². The van der Waals surface area contributed by atoms with Crippen LogP contribution in [0.25, 0.3) is 0 Å². The van der Waals surface area contributed by atoms with E-state index in [1.54, 1.807) is 20.8 Å². The van der Waals surface area contributed by atoms with Crippen molar-refractivity contribution in [3.8, 4) is 0 Å². The molecule has 1 heterocycles. The van der Waals surface area contributed by atoms with Crippen LogP contribution in [0.3, 0.4) is 0 Å². The minimum absolute atomic E-state index is 0.0479. The Morgan fingerprint density at radius 3 is 2.38 bits per heavy atom. The van der Waals surface area contributed by atoms with Gasteiger partial charge in [0.15, 0.2) is 15.7 Å². The summed E-state index contributed by atoms with van der Waals surface area (Å²) < 4.78 is 66.2. The van der Waals surface area contributed by atoms with Crippen LogP contribution in [0.5, 0.6) is 0 Å². The van der Waals surface area contributed by atoms with Gasteiger partial charge in [-0.2, -0.15) is 17.5 Å². The number of aromatic nitrogens is 1. The zero-order valence-corrected chi connectivity index (χ0v) is 13.6. The maximum atomic E-state index is 12.7. The maximum Gasteiger partial charge on any atom is 0.405 e. The minimum atomic E-state index is -4.45. The fraction of sp³-hybridized carbons (Fsp3) is 0.727. The van der Waals surface area contributed by atoms with Gasteiger partial charge in [0.1, 0.15) is 16.4 Å². The van der Waals surface area contributed by atoms with Gasteiger partial charge >= 0.3 is 6.18 Å². The van der Waals surface area contributed by atoms with Gasteiger partial charge in [-0.15, -0.1) is 0 Å². The van der Waals surface area contributed by atoms with E-state index >= 15 is 0 Å². The fourth-order valence-corrected chi connectivity index (χ4v) is 4.70. The molecule has 10 heteroatoms. The smallest absolute Gasteiger partial charge is 0.382 e. The van der Waals surface area contributed by atoms with Crippen molar-refractivity contribution >= 4 is 32.2 Å². The predicted molar refractivity (Wildman–Crippen MR) is 77.4 cm³/mol. The first-order valence-corrected chi connectivity index (χ1v) is 8.73. The fourth-order valence-electron chi connectivity index (χ4n) is 1.81. The molecule has 21 heavy (non-hydrogen) atoms. The lowest BCUT2D eigenvalue weighted by atomic mass is 10.3. The van der Waals surface area contributed by atoms with Gasteiger partial charge in [-0.05, 0) is 31.8 Å². The highest BCUT2D eigenvalue weighted by atomic mass is 32.2. The van der Waals surface area contributed by atoms with Crippen LogP contribution in [0.2, 0.25) is 0 Å². The molecule has 0 unspecified atom stereocenters. The number of nitrogens with two attached hydrogens (primary N) is 1. The lowest BCUT2D eigenvalue weighted by molar-refractivity contribution is -0.120. The van der Waals surface area contributed by atoms with Crippen molar-refractivity contribution < 1.29 is 21.6 Å². The van der Waals surface area contributed by atoms with Crippen molar-refractivity contribution in [2.75, 3.05) is 22.9 Å². The molecule has 0 radical (unpaired) electrons. The number of hydrogen-bond donors (Lipinski definition) is 1. The molecule has 0 aliphatic rings. The Kier molecular flexibility index (Phi) is 5.48. The number of hydrogen-bond acceptors (Lipinski definition) is 6. The Hall–Kier alpha value is -1.03. The number of halogens is 3. The topological polar surface area (TPSA) is 76.3 Å². The quantitative estimate of drug-likeness (QED) is 0.858. The van der Waals surface area contributed by atoms with Crippen molar-refractivity contribution in [3.05, 3.63) is 0 Å². The second kappa shape index (κ2) is 6.39. The lowest BCUT2D eigenvalue weighted by Crippen LogP contribution is -2.39. The van der Waals surface area contributed by atoms with Gasteiger partial charge in [-0.3, -0.25) is 0 Å². The average molecular weight is 345 g/mol. The normalized spacial score (nSPS) is 12.9. The van der Waals surface area contributed by atoms with E-state index in [2.05, 4.69) is 4.37 Å². The second-order valence-corrected chi connectivity index (χ2v) is 7.66. The Morgan fingerprint density at radius 1 is 1.38 bits per heavy atom. The van der Waals surface area contributed by atoms with Crippen LogP contribution in [0.15, 0.2) is 4.90 Å². The van der Waals surface area contributed by atoms with Crippen molar-refractivity contribution in [3.63, 3.8) is 0 Å². The van der Waals surface area contributed by atoms with Crippen LogP contribution in [-0.2, 0) is 9.84 Å². The highest BCUT2D eigenvalue weighted by Gasteiger charge is 2.36. The van der Waals surface area contributed by atoms with Gasteiger partial charge in [0, 0.05) is 6.04 Å². The van der Waals surface area contributed by atoms with Crippen LogP contribution < -0.4 is 10.6 Å². The Balaban J connectivity index is 3.35. The molecule has 0 atom stereocenters. The summed E-state index contributed by atoms with van der Waals surface area (Å²) in [4.78, 5) is 0.684. The molecule has 5 nitrogen and oxygen atoms in total. The third-order valence-corrected chi connectivity index (χ3v) is 5.67. The average Bonchev–Trinajstić information content (AvgIpc) is 2.67. The number of nitrogens with zero attached hydrogens (tertiary/aromatic N) is 2. The van der Waals surface area contributed by atoms with E-state index in [0.29, 0.717) is 18.0 Å². The van der Waals surface area contributed by atoms with Crippen molar-refractivity contribution in [1.82, 2.24) is 4.37 Å². The third kappa shape index (κ3) is 4.47. The van der Waals surface area contributed by atoms with Crippen LogP contribution in [0.1, 0.15) is 27.2 Å². The SMILES string of the molecule is CCCS(=O)(=O)c1c(N)nsc1N(CC(F)(F)F)C(C)C. The first-order valence-electron chi connectivity index (χ1n) is 6.31. The molecule has 0 saturated heterocycles. The number of anilines is 2. The van der Waals surface area contributed by atoms with E-state index in [1.807, 2.05) is 0 Å². The van der Waals surface area contributed by atoms with Crippen LogP contribution in [-0.4, -0.2) is 37.3 Å². The van der Waals surface area contributed by atoms with Gasteiger partial charge < -0.3 is 10.6 Å². The van der Waals surface area contributed by atoms with Crippen LogP contribution >= 0.6 is 11.5 Å². The minimum Gasteiger partial charge on any atom is -0.382 e. The number of rotatable bonds is 6. The van der Waals surface area contributed by atoms with Gasteiger partial charge in [0.2, 0.25) is 0 Å². The van der Waals surface area contributed by atoms with Crippen LogP contribution in [0.4, 0.5) is 24.0 Å². The first kappa shape index (κ1) is 18.0. The van der Waals surface area contributed by atoms with E-state index < -0.39 is 28.6 Å². The molecule has 0 aliphatic heterocycles. The number of sulfone groups is 1. The zero-order valence-electron chi connectivity index (χ0n) is 11.9. The Bertz CT molecular complexity index is 582. The highest BCUT2D eigenvalue weighted by Crippen LogP contribution is 2.38. The molecular formula is C11H18F3N3O2S2. The molecule has 1 aromatic rings. The standard InChI is InChI=1S/C11H18F3N3O2S2/c1-4-5-21(18,19)8-9(15)16-20-10(8)17(7(2)3)6-11(12,13)14/h7H,4-6H2,1-3H3,(H2,15,16). The summed E-state index contributed by atoms with van der Waals surface area (Å²) in [5.74, 6) is -0.420. The van der Waals surface area contributed by atoms with E-state index in [0.717, 1.165) is 4.90 Å². The Morgan fingerprint density at radius 2 is 1.95 bits per heavy atom. The Labute approximate surface area is 126 Å². The van der Waals surface area contributed by atoms with Crippen molar-refractivity contribution in [2.45, 2.75) is 44.3 Å². The van der Waals surface area contributed by atoms with E-state index in [4.69, 9.17) is 5.73 Å². The molecule has 0 fully saturated rings. The summed E-state index contributed by atoms with van der Waals surface area (Å²) in [5, 5.41) is -0.0479. The maximum absolute atomic E-state index is 12.7. The summed E-state index contributed by atoms with van der Waals surface area (Å²) in [6.45, 7) is 3.53. The monoisotopic (exact) mass is 345 g/mol. The van der Waals surface area contributed by atoms with Crippen molar-refractivity contribution in [2.24, 2.45) is 0 Å². The zero-order chi connectivity index (χ0) is 16.4. The third-order valence-electron chi connectivity index (χ3n) is 2.68. The highest BCUT2D eigenvalue weighted by molar-refractivity contribution is 7.91. The summed E-state index contributed by atoms with van der Waals surface area (Å²) in [7, 11) is -3.75. The predicted octanol–water partition coefficient (Wildman–Crippen LogP) is 2.69. The van der Waals surface area contributed by atoms with Crippen molar-refractivity contribution in [1.29, 1.82) is 0 Å². The summed E-state index contributed by atoms with van der Waals surface area (Å²) in [6.07, 6.45) is -4.10. The molecule has 0 saturated carbocycles. The molecule has 2 N–H and O–H groups in total. The lowest BCUT2D eigenvalue weighted by Gasteiger charge is -2.28. The first-order chi connectivity index (χ1) is 9.49. The molecule has 1 rings (SSSR count). The molecule has 1 aromatic heterocycles. The molecule has 0 spiro atoms. The van der Waals surface area contributed by atoms with Gasteiger partial charge in [-0.25, -0.2) is 8.42 Å². The molecular weight excluding hydrogens is 327 g/mol. The van der Waals surface area contributed by atoms with E-state index in [9.17, 15) is 21.6 Å². The molecule has 0 bridgehead atoms. The second-order valence-electron chi connectivity index (χ2n) is 4.86. The number of alkyl halides is 3. The molecule has 0 aliphatic carbocycles. The number of nitrogen functional groups attached to an aromatic ring is 1. The van der Waals surface area contributed by atoms with Gasteiger partial charge in [0.25, 0.3) is 0 Å². The van der Waals surface area contributed by atoms with Gasteiger partial charge in [0.05, 0.1) is 5.75 Å².